The second-order valence-electron chi connectivity index (χ2n) is 5.31. The molecule has 0 aromatic carbocycles. The summed E-state index contributed by atoms with van der Waals surface area (Å²) in [6, 6.07) is 3.90. The Morgan fingerprint density at radius 1 is 1.65 bits per heavy atom. The maximum atomic E-state index is 12.1. The zero-order valence-corrected chi connectivity index (χ0v) is 12.1. The first-order valence-corrected chi connectivity index (χ1v) is 7.75. The standard InChI is InChI=1S/C14H17N3O2S/c1-10-2-4-17-7-11(16-12(17)6-10)13(18)15-8-14(19)3-5-20-9-14/h2,4,6-7,19H,3,5,8-9H2,1H3,(H,15,18). The van der Waals surface area contributed by atoms with Gasteiger partial charge in [0.25, 0.3) is 5.91 Å². The maximum absolute atomic E-state index is 12.1. The molecule has 20 heavy (non-hydrogen) atoms. The number of carbonyl (C=O) groups excluding carboxylic acids is 1. The third-order valence-corrected chi connectivity index (χ3v) is 4.74. The zero-order chi connectivity index (χ0) is 14.2. The molecule has 0 saturated carbocycles. The van der Waals surface area contributed by atoms with Gasteiger partial charge in [-0.15, -0.1) is 0 Å². The number of fused-ring (bicyclic) bond motifs is 1. The molecule has 106 valence electrons. The smallest absolute Gasteiger partial charge is 0.271 e. The first-order chi connectivity index (χ1) is 9.56. The van der Waals surface area contributed by atoms with Gasteiger partial charge < -0.3 is 14.8 Å². The minimum absolute atomic E-state index is 0.239. The van der Waals surface area contributed by atoms with Crippen LogP contribution < -0.4 is 5.32 Å². The molecule has 0 bridgehead atoms. The molecule has 2 N–H and O–H groups in total. The lowest BCUT2D eigenvalue weighted by Crippen LogP contribution is -2.43. The number of thioether (sulfide) groups is 1. The summed E-state index contributed by atoms with van der Waals surface area (Å²) in [5.41, 5.74) is 1.47. The minimum atomic E-state index is -0.768. The molecule has 0 aliphatic carbocycles. The Morgan fingerprint density at radius 3 is 3.25 bits per heavy atom. The number of aliphatic hydroxyl groups is 1. The molecule has 1 aliphatic heterocycles. The van der Waals surface area contributed by atoms with Gasteiger partial charge in [0.2, 0.25) is 0 Å². The van der Waals surface area contributed by atoms with Gasteiger partial charge in [-0.2, -0.15) is 11.8 Å². The van der Waals surface area contributed by atoms with Crippen molar-refractivity contribution in [3.05, 3.63) is 35.8 Å². The van der Waals surface area contributed by atoms with E-state index in [4.69, 9.17) is 0 Å². The number of carbonyl (C=O) groups is 1. The van der Waals surface area contributed by atoms with E-state index >= 15 is 0 Å². The third-order valence-electron chi connectivity index (χ3n) is 3.51. The SMILES string of the molecule is Cc1ccn2cc(C(=O)NCC3(O)CCSC3)nc2c1. The monoisotopic (exact) mass is 291 g/mol. The van der Waals surface area contributed by atoms with Crippen LogP contribution in [0.4, 0.5) is 0 Å². The number of pyridine rings is 1. The molecular weight excluding hydrogens is 274 g/mol. The van der Waals surface area contributed by atoms with Crippen molar-refractivity contribution in [2.75, 3.05) is 18.1 Å². The highest BCUT2D eigenvalue weighted by Crippen LogP contribution is 2.27. The molecule has 1 atom stereocenters. The number of imidazole rings is 1. The molecule has 2 aromatic rings. The normalized spacial score (nSPS) is 22.3. The van der Waals surface area contributed by atoms with Crippen LogP contribution in [0.5, 0.6) is 0 Å². The minimum Gasteiger partial charge on any atom is -0.387 e. The molecule has 1 aliphatic rings. The summed E-state index contributed by atoms with van der Waals surface area (Å²) in [4.78, 5) is 16.4. The predicted octanol–water partition coefficient (Wildman–Crippen LogP) is 1.24. The Balaban J connectivity index is 1.72. The number of nitrogens with zero attached hydrogens (tertiary/aromatic N) is 2. The second-order valence-corrected chi connectivity index (χ2v) is 6.41. The Kier molecular flexibility index (Phi) is 3.43. The molecule has 1 unspecified atom stereocenters. The average molecular weight is 291 g/mol. The molecule has 1 saturated heterocycles. The van der Waals surface area contributed by atoms with Gasteiger partial charge in [0.15, 0.2) is 0 Å². The fourth-order valence-corrected chi connectivity index (χ4v) is 3.56. The number of aromatic nitrogens is 2. The number of rotatable bonds is 3. The Hall–Kier alpha value is -1.53. The molecule has 3 heterocycles. The van der Waals surface area contributed by atoms with E-state index in [1.165, 1.54) is 0 Å². The molecule has 1 amide bonds. The highest BCUT2D eigenvalue weighted by molar-refractivity contribution is 7.99. The van der Waals surface area contributed by atoms with Crippen molar-refractivity contribution in [1.29, 1.82) is 0 Å². The van der Waals surface area contributed by atoms with Crippen molar-refractivity contribution in [1.82, 2.24) is 14.7 Å². The third kappa shape index (κ3) is 2.66. The molecule has 6 heteroatoms. The average Bonchev–Trinajstić information content (AvgIpc) is 3.02. The number of nitrogens with one attached hydrogen (secondary N) is 1. The highest BCUT2D eigenvalue weighted by Gasteiger charge is 2.32. The molecule has 0 radical (unpaired) electrons. The quantitative estimate of drug-likeness (QED) is 0.893. The van der Waals surface area contributed by atoms with Gasteiger partial charge in [-0.05, 0) is 36.8 Å². The largest absolute Gasteiger partial charge is 0.387 e. The van der Waals surface area contributed by atoms with E-state index in [0.717, 1.165) is 23.4 Å². The fraction of sp³-hybridized carbons (Fsp3) is 0.429. The van der Waals surface area contributed by atoms with Gasteiger partial charge in [0, 0.05) is 24.7 Å². The number of hydrogen-bond acceptors (Lipinski definition) is 4. The van der Waals surface area contributed by atoms with Crippen molar-refractivity contribution in [2.45, 2.75) is 18.9 Å². The van der Waals surface area contributed by atoms with Crippen LogP contribution in [0.25, 0.3) is 5.65 Å². The lowest BCUT2D eigenvalue weighted by Gasteiger charge is -2.21. The van der Waals surface area contributed by atoms with Crippen molar-refractivity contribution in [3.63, 3.8) is 0 Å². The second kappa shape index (κ2) is 5.10. The summed E-state index contributed by atoms with van der Waals surface area (Å²) >= 11 is 1.71. The van der Waals surface area contributed by atoms with E-state index in [9.17, 15) is 9.90 Å². The Morgan fingerprint density at radius 2 is 2.50 bits per heavy atom. The molecule has 3 rings (SSSR count). The summed E-state index contributed by atoms with van der Waals surface area (Å²) in [6.45, 7) is 2.27. The summed E-state index contributed by atoms with van der Waals surface area (Å²) in [7, 11) is 0. The number of amides is 1. The molecule has 2 aromatic heterocycles. The van der Waals surface area contributed by atoms with E-state index in [1.54, 1.807) is 18.0 Å². The van der Waals surface area contributed by atoms with Crippen LogP contribution in [-0.2, 0) is 0 Å². The molecule has 5 nitrogen and oxygen atoms in total. The zero-order valence-electron chi connectivity index (χ0n) is 11.3. The number of hydrogen-bond donors (Lipinski definition) is 2. The van der Waals surface area contributed by atoms with Crippen LogP contribution in [0.15, 0.2) is 24.5 Å². The van der Waals surface area contributed by atoms with E-state index in [0.29, 0.717) is 11.4 Å². The summed E-state index contributed by atoms with van der Waals surface area (Å²) in [5.74, 6) is 1.38. The summed E-state index contributed by atoms with van der Waals surface area (Å²) in [6.07, 6.45) is 4.31. The van der Waals surface area contributed by atoms with Crippen molar-refractivity contribution in [3.8, 4) is 0 Å². The Labute approximate surface area is 121 Å². The lowest BCUT2D eigenvalue weighted by atomic mass is 10.0. The van der Waals surface area contributed by atoms with E-state index in [1.807, 2.05) is 29.7 Å². The van der Waals surface area contributed by atoms with E-state index < -0.39 is 5.60 Å². The van der Waals surface area contributed by atoms with Crippen LogP contribution in [0.3, 0.4) is 0 Å². The van der Waals surface area contributed by atoms with Crippen LogP contribution >= 0.6 is 11.8 Å². The first kappa shape index (κ1) is 13.5. The summed E-state index contributed by atoms with van der Waals surface area (Å²) in [5, 5.41) is 13.0. The molecule has 1 fully saturated rings. The van der Waals surface area contributed by atoms with Gasteiger partial charge >= 0.3 is 0 Å². The lowest BCUT2D eigenvalue weighted by molar-refractivity contribution is 0.0611. The van der Waals surface area contributed by atoms with Gasteiger partial charge in [0.1, 0.15) is 11.3 Å². The van der Waals surface area contributed by atoms with Gasteiger partial charge in [0.05, 0.1) is 5.60 Å². The van der Waals surface area contributed by atoms with E-state index in [2.05, 4.69) is 10.3 Å². The fourth-order valence-electron chi connectivity index (χ4n) is 2.26. The van der Waals surface area contributed by atoms with Crippen molar-refractivity contribution < 1.29 is 9.90 Å². The summed E-state index contributed by atoms with van der Waals surface area (Å²) < 4.78 is 1.82. The Bertz CT molecular complexity index is 647. The molecular formula is C14H17N3O2S. The predicted molar refractivity (Wildman–Crippen MR) is 79.2 cm³/mol. The van der Waals surface area contributed by atoms with Crippen molar-refractivity contribution in [2.24, 2.45) is 0 Å². The highest BCUT2D eigenvalue weighted by atomic mass is 32.2. The topological polar surface area (TPSA) is 66.6 Å². The number of aryl methyl sites for hydroxylation is 1. The molecule has 0 spiro atoms. The van der Waals surface area contributed by atoms with Crippen LogP contribution in [0.1, 0.15) is 22.5 Å². The van der Waals surface area contributed by atoms with E-state index in [-0.39, 0.29) is 12.5 Å². The first-order valence-electron chi connectivity index (χ1n) is 6.59. The maximum Gasteiger partial charge on any atom is 0.271 e. The van der Waals surface area contributed by atoms with Gasteiger partial charge in [-0.25, -0.2) is 4.98 Å². The van der Waals surface area contributed by atoms with Crippen LogP contribution in [0.2, 0.25) is 0 Å². The van der Waals surface area contributed by atoms with Crippen molar-refractivity contribution >= 4 is 23.3 Å². The van der Waals surface area contributed by atoms with Gasteiger partial charge in [-0.3, -0.25) is 4.79 Å². The van der Waals surface area contributed by atoms with Crippen LogP contribution in [-0.4, -0.2) is 44.0 Å². The van der Waals surface area contributed by atoms with Crippen LogP contribution in [0, 0.1) is 6.92 Å². The van der Waals surface area contributed by atoms with Gasteiger partial charge in [-0.1, -0.05) is 0 Å².